The molecule has 0 saturated carbocycles. The van der Waals surface area contributed by atoms with Crippen molar-refractivity contribution in [3.8, 4) is 11.4 Å². The van der Waals surface area contributed by atoms with Crippen LogP contribution in [0.2, 0.25) is 0 Å². The molecule has 1 aromatic carbocycles. The summed E-state index contributed by atoms with van der Waals surface area (Å²) in [6, 6.07) is 12.2. The van der Waals surface area contributed by atoms with Gasteiger partial charge in [0.25, 0.3) is 11.5 Å². The average Bonchev–Trinajstić information content (AvgIpc) is 3.18. The number of nitrogens with zero attached hydrogens (tertiary/aromatic N) is 3. The van der Waals surface area contributed by atoms with Gasteiger partial charge in [-0.15, -0.1) is 0 Å². The minimum Gasteiger partial charge on any atom is -0.496 e. The number of hydrogen-bond donors (Lipinski definition) is 1. The van der Waals surface area contributed by atoms with Gasteiger partial charge >= 0.3 is 0 Å². The van der Waals surface area contributed by atoms with Gasteiger partial charge in [0.05, 0.1) is 12.8 Å². The van der Waals surface area contributed by atoms with Crippen LogP contribution in [0.1, 0.15) is 16.1 Å². The number of aromatic nitrogens is 3. The predicted octanol–water partition coefficient (Wildman–Crippen LogP) is 1.78. The molecule has 134 valence electrons. The molecule has 3 aromatic rings. The minimum absolute atomic E-state index is 0.156. The number of ether oxygens (including phenoxy) is 1. The molecule has 0 aliphatic heterocycles. The van der Waals surface area contributed by atoms with E-state index in [9.17, 15) is 9.59 Å². The average molecular weight is 352 g/mol. The number of rotatable bonds is 6. The first-order valence-electron chi connectivity index (χ1n) is 8.22. The summed E-state index contributed by atoms with van der Waals surface area (Å²) in [6.07, 6.45) is 3.50. The fourth-order valence-corrected chi connectivity index (χ4v) is 2.70. The Morgan fingerprint density at radius 3 is 2.77 bits per heavy atom. The molecule has 0 aliphatic rings. The molecule has 1 amide bonds. The van der Waals surface area contributed by atoms with Crippen LogP contribution in [0.5, 0.6) is 5.75 Å². The Kier molecular flexibility index (Phi) is 5.17. The number of carbonyl (C=O) groups is 1. The van der Waals surface area contributed by atoms with E-state index in [2.05, 4.69) is 10.4 Å². The smallest absolute Gasteiger partial charge is 0.254 e. The zero-order valence-electron chi connectivity index (χ0n) is 14.7. The molecule has 0 saturated heterocycles. The van der Waals surface area contributed by atoms with Crippen molar-refractivity contribution in [2.24, 2.45) is 0 Å². The van der Waals surface area contributed by atoms with Crippen molar-refractivity contribution in [1.82, 2.24) is 19.7 Å². The van der Waals surface area contributed by atoms with E-state index in [0.29, 0.717) is 24.4 Å². The number of hydrogen-bond acceptors (Lipinski definition) is 4. The molecule has 0 atom stereocenters. The van der Waals surface area contributed by atoms with Gasteiger partial charge in [-0.2, -0.15) is 5.10 Å². The highest BCUT2D eigenvalue weighted by molar-refractivity contribution is 5.94. The van der Waals surface area contributed by atoms with Crippen molar-refractivity contribution >= 4 is 5.91 Å². The lowest BCUT2D eigenvalue weighted by molar-refractivity contribution is 0.0952. The zero-order valence-corrected chi connectivity index (χ0v) is 14.7. The van der Waals surface area contributed by atoms with Gasteiger partial charge in [0, 0.05) is 42.8 Å². The summed E-state index contributed by atoms with van der Waals surface area (Å²) in [6.45, 7) is 2.57. The lowest BCUT2D eigenvalue weighted by atomic mass is 10.2. The second-order valence-corrected chi connectivity index (χ2v) is 5.78. The third-order valence-corrected chi connectivity index (χ3v) is 4.04. The van der Waals surface area contributed by atoms with Crippen LogP contribution in [0, 0.1) is 6.92 Å². The molecule has 0 bridgehead atoms. The van der Waals surface area contributed by atoms with Crippen molar-refractivity contribution < 1.29 is 9.53 Å². The van der Waals surface area contributed by atoms with Gasteiger partial charge in [0.1, 0.15) is 5.75 Å². The van der Waals surface area contributed by atoms with Crippen LogP contribution in [0.4, 0.5) is 0 Å². The molecular weight excluding hydrogens is 332 g/mol. The van der Waals surface area contributed by atoms with Gasteiger partial charge in [-0.25, -0.2) is 4.68 Å². The summed E-state index contributed by atoms with van der Waals surface area (Å²) in [4.78, 5) is 24.5. The van der Waals surface area contributed by atoms with E-state index in [4.69, 9.17) is 4.74 Å². The van der Waals surface area contributed by atoms with Crippen LogP contribution in [-0.4, -0.2) is 33.9 Å². The van der Waals surface area contributed by atoms with Crippen molar-refractivity contribution in [1.29, 1.82) is 0 Å². The van der Waals surface area contributed by atoms with Crippen LogP contribution in [0.3, 0.4) is 0 Å². The Labute approximate surface area is 150 Å². The van der Waals surface area contributed by atoms with E-state index in [1.54, 1.807) is 33.6 Å². The largest absolute Gasteiger partial charge is 0.496 e. The van der Waals surface area contributed by atoms with Gasteiger partial charge in [-0.1, -0.05) is 6.07 Å². The summed E-state index contributed by atoms with van der Waals surface area (Å²) in [5.41, 5.74) is 1.97. The van der Waals surface area contributed by atoms with Crippen LogP contribution in [-0.2, 0) is 6.54 Å². The Bertz CT molecular complexity index is 961. The first-order chi connectivity index (χ1) is 12.6. The number of benzene rings is 1. The number of amides is 1. The maximum Gasteiger partial charge on any atom is 0.254 e. The van der Waals surface area contributed by atoms with Crippen LogP contribution < -0.4 is 15.6 Å². The predicted molar refractivity (Wildman–Crippen MR) is 97.9 cm³/mol. The van der Waals surface area contributed by atoms with Gasteiger partial charge in [-0.3, -0.25) is 9.59 Å². The Hall–Kier alpha value is -3.35. The quantitative estimate of drug-likeness (QED) is 0.733. The van der Waals surface area contributed by atoms with E-state index in [0.717, 1.165) is 11.4 Å². The van der Waals surface area contributed by atoms with Crippen LogP contribution >= 0.6 is 0 Å². The molecule has 7 nitrogen and oxygen atoms in total. The topological polar surface area (TPSA) is 78.2 Å². The third-order valence-electron chi connectivity index (χ3n) is 4.04. The lowest BCUT2D eigenvalue weighted by Gasteiger charge is -2.12. The summed E-state index contributed by atoms with van der Waals surface area (Å²) in [7, 11) is 1.52. The molecule has 7 heteroatoms. The molecule has 0 radical (unpaired) electrons. The summed E-state index contributed by atoms with van der Waals surface area (Å²) in [5.74, 6) is 0.335. The van der Waals surface area contributed by atoms with E-state index in [-0.39, 0.29) is 11.5 Å². The molecule has 0 spiro atoms. The zero-order chi connectivity index (χ0) is 18.5. The fourth-order valence-electron chi connectivity index (χ4n) is 2.70. The molecule has 0 unspecified atom stereocenters. The summed E-state index contributed by atoms with van der Waals surface area (Å²) >= 11 is 0. The second-order valence-electron chi connectivity index (χ2n) is 5.78. The maximum atomic E-state index is 12.4. The molecule has 2 heterocycles. The Balaban J connectivity index is 1.65. The molecule has 1 N–H and O–H groups in total. The first kappa shape index (κ1) is 17.5. The second kappa shape index (κ2) is 7.69. The Morgan fingerprint density at radius 2 is 2.08 bits per heavy atom. The van der Waals surface area contributed by atoms with Crippen molar-refractivity contribution in [2.75, 3.05) is 13.7 Å². The number of aryl methyl sites for hydroxylation is 1. The SMILES string of the molecule is COc1cc(C)n(CCNC(=O)c2cccc(-n3cccn3)c2)c(=O)c1. The van der Waals surface area contributed by atoms with Crippen LogP contribution in [0.25, 0.3) is 5.69 Å². The normalized spacial score (nSPS) is 10.5. The van der Waals surface area contributed by atoms with Crippen molar-refractivity contribution in [3.05, 3.63) is 76.5 Å². The monoisotopic (exact) mass is 352 g/mol. The van der Waals surface area contributed by atoms with E-state index in [1.807, 2.05) is 31.3 Å². The minimum atomic E-state index is -0.196. The molecule has 3 rings (SSSR count). The Morgan fingerprint density at radius 1 is 1.23 bits per heavy atom. The van der Waals surface area contributed by atoms with Gasteiger partial charge < -0.3 is 14.6 Å². The molecule has 0 aliphatic carbocycles. The lowest BCUT2D eigenvalue weighted by Crippen LogP contribution is -2.31. The van der Waals surface area contributed by atoms with Crippen molar-refractivity contribution in [2.45, 2.75) is 13.5 Å². The third kappa shape index (κ3) is 3.83. The van der Waals surface area contributed by atoms with Gasteiger partial charge in [0.15, 0.2) is 0 Å². The van der Waals surface area contributed by atoms with Crippen molar-refractivity contribution in [3.63, 3.8) is 0 Å². The molecule has 26 heavy (non-hydrogen) atoms. The van der Waals surface area contributed by atoms with E-state index < -0.39 is 0 Å². The summed E-state index contributed by atoms with van der Waals surface area (Å²) < 4.78 is 8.37. The molecule has 2 aromatic heterocycles. The highest BCUT2D eigenvalue weighted by atomic mass is 16.5. The molecular formula is C19H20N4O3. The van der Waals surface area contributed by atoms with E-state index in [1.165, 1.54) is 13.2 Å². The van der Waals surface area contributed by atoms with E-state index >= 15 is 0 Å². The number of pyridine rings is 1. The highest BCUT2D eigenvalue weighted by Crippen LogP contribution is 2.10. The number of nitrogens with one attached hydrogen (secondary N) is 1. The number of methoxy groups -OCH3 is 1. The fraction of sp³-hybridized carbons (Fsp3) is 0.211. The molecule has 0 fully saturated rings. The highest BCUT2D eigenvalue weighted by Gasteiger charge is 2.08. The number of carbonyl (C=O) groups excluding carboxylic acids is 1. The standard InChI is InChI=1S/C19H20N4O3/c1-14-11-17(26-2)13-18(24)22(14)10-8-20-19(25)15-5-3-6-16(12-15)23-9-4-7-21-23/h3-7,9,11-13H,8,10H2,1-2H3,(H,20,25). The maximum absolute atomic E-state index is 12.4. The van der Waals surface area contributed by atoms with Gasteiger partial charge in [0.2, 0.25) is 0 Å². The van der Waals surface area contributed by atoms with Crippen LogP contribution in [0.15, 0.2) is 59.7 Å². The van der Waals surface area contributed by atoms with Gasteiger partial charge in [-0.05, 0) is 37.3 Å². The first-order valence-corrected chi connectivity index (χ1v) is 8.22. The summed E-state index contributed by atoms with van der Waals surface area (Å²) in [5, 5.41) is 7.00.